The lowest BCUT2D eigenvalue weighted by Crippen LogP contribution is -2.08. The second-order valence-electron chi connectivity index (χ2n) is 7.96. The molecule has 0 fully saturated rings. The van der Waals surface area contributed by atoms with E-state index in [2.05, 4.69) is 49.2 Å². The molecule has 0 aliphatic carbocycles. The van der Waals surface area contributed by atoms with Crippen molar-refractivity contribution in [3.8, 4) is 17.0 Å². The van der Waals surface area contributed by atoms with E-state index in [1.54, 1.807) is 0 Å². The third-order valence-electron chi connectivity index (χ3n) is 5.39. The fourth-order valence-electron chi connectivity index (χ4n) is 3.23. The molecule has 1 aromatic heterocycles. The molecule has 0 N–H and O–H groups in total. The lowest BCUT2D eigenvalue weighted by Gasteiger charge is -2.14. The maximum atomic E-state index is 6.03. The Balaban J connectivity index is 1.81. The molecule has 1 heterocycles. The van der Waals surface area contributed by atoms with Crippen molar-refractivity contribution in [1.29, 1.82) is 0 Å². The molecule has 154 valence electrons. The number of unbranched alkanes of at least 4 members (excludes halogenated alkanes) is 7. The molecule has 0 aliphatic heterocycles. The Morgan fingerprint density at radius 1 is 0.821 bits per heavy atom. The van der Waals surface area contributed by atoms with Gasteiger partial charge in [0.05, 0.1) is 18.0 Å². The van der Waals surface area contributed by atoms with Crippen LogP contribution in [0.1, 0.15) is 84.3 Å². The molecule has 1 atom stereocenters. The van der Waals surface area contributed by atoms with Gasteiger partial charge >= 0.3 is 0 Å². The van der Waals surface area contributed by atoms with Gasteiger partial charge in [-0.2, -0.15) is 10.2 Å². The van der Waals surface area contributed by atoms with Gasteiger partial charge < -0.3 is 4.74 Å². The van der Waals surface area contributed by atoms with Gasteiger partial charge in [-0.3, -0.25) is 0 Å². The van der Waals surface area contributed by atoms with Gasteiger partial charge in [0.25, 0.3) is 0 Å². The molecular weight excluding hydrogens is 344 g/mol. The van der Waals surface area contributed by atoms with Gasteiger partial charge in [-0.1, -0.05) is 84.3 Å². The number of aryl methyl sites for hydroxylation is 1. The van der Waals surface area contributed by atoms with Gasteiger partial charge in [-0.25, -0.2) is 0 Å². The Hall–Kier alpha value is -1.90. The summed E-state index contributed by atoms with van der Waals surface area (Å²) in [7, 11) is 0. The first-order chi connectivity index (χ1) is 13.7. The molecule has 0 saturated heterocycles. The van der Waals surface area contributed by atoms with Crippen molar-refractivity contribution in [2.75, 3.05) is 6.61 Å². The van der Waals surface area contributed by atoms with E-state index in [1.807, 2.05) is 18.2 Å². The summed E-state index contributed by atoms with van der Waals surface area (Å²) >= 11 is 0. The van der Waals surface area contributed by atoms with E-state index in [9.17, 15) is 0 Å². The van der Waals surface area contributed by atoms with Gasteiger partial charge in [0.1, 0.15) is 5.75 Å². The predicted octanol–water partition coefficient (Wildman–Crippen LogP) is 7.25. The van der Waals surface area contributed by atoms with Crippen LogP contribution in [0.2, 0.25) is 0 Å². The second kappa shape index (κ2) is 13.3. The van der Waals surface area contributed by atoms with Crippen molar-refractivity contribution in [1.82, 2.24) is 10.2 Å². The number of benzene rings is 1. The normalized spacial score (nSPS) is 12.1. The molecule has 0 bridgehead atoms. The Morgan fingerprint density at radius 2 is 1.54 bits per heavy atom. The molecule has 3 nitrogen and oxygen atoms in total. The number of rotatable bonds is 14. The van der Waals surface area contributed by atoms with Crippen LogP contribution in [0.15, 0.2) is 36.4 Å². The van der Waals surface area contributed by atoms with Gasteiger partial charge in [0, 0.05) is 5.56 Å². The van der Waals surface area contributed by atoms with Crippen LogP contribution in [0, 0.1) is 5.92 Å². The fourth-order valence-corrected chi connectivity index (χ4v) is 3.23. The lowest BCUT2D eigenvalue weighted by atomic mass is 10.1. The largest absolute Gasteiger partial charge is 0.493 e. The Bertz CT molecular complexity index is 654. The summed E-state index contributed by atoms with van der Waals surface area (Å²) in [5.74, 6) is 1.45. The first-order valence-electron chi connectivity index (χ1n) is 11.3. The maximum Gasteiger partial charge on any atom is 0.128 e. The number of para-hydroxylation sites is 1. The van der Waals surface area contributed by atoms with E-state index in [0.717, 1.165) is 42.1 Å². The molecule has 0 aliphatic rings. The van der Waals surface area contributed by atoms with Crippen molar-refractivity contribution < 1.29 is 4.74 Å². The highest BCUT2D eigenvalue weighted by Crippen LogP contribution is 2.28. The first kappa shape index (κ1) is 22.4. The van der Waals surface area contributed by atoms with Crippen LogP contribution >= 0.6 is 0 Å². The average molecular weight is 383 g/mol. The van der Waals surface area contributed by atoms with Gasteiger partial charge in [-0.15, -0.1) is 0 Å². The first-order valence-corrected chi connectivity index (χ1v) is 11.3. The number of aromatic nitrogens is 2. The molecule has 3 heteroatoms. The minimum atomic E-state index is 0.549. The van der Waals surface area contributed by atoms with Gasteiger partial charge in [0.2, 0.25) is 0 Å². The maximum absolute atomic E-state index is 6.03. The minimum Gasteiger partial charge on any atom is -0.493 e. The van der Waals surface area contributed by atoms with Crippen molar-refractivity contribution in [2.45, 2.75) is 85.0 Å². The van der Waals surface area contributed by atoms with E-state index >= 15 is 0 Å². The lowest BCUT2D eigenvalue weighted by molar-refractivity contribution is 0.257. The van der Waals surface area contributed by atoms with Gasteiger partial charge in [-0.05, 0) is 43.0 Å². The van der Waals surface area contributed by atoms with Crippen LogP contribution in [-0.2, 0) is 6.42 Å². The summed E-state index contributed by atoms with van der Waals surface area (Å²) in [5, 5.41) is 8.94. The third kappa shape index (κ3) is 8.00. The summed E-state index contributed by atoms with van der Waals surface area (Å²) in [6.07, 6.45) is 12.8. The van der Waals surface area contributed by atoms with Crippen molar-refractivity contribution in [2.24, 2.45) is 5.92 Å². The van der Waals surface area contributed by atoms with Crippen LogP contribution in [-0.4, -0.2) is 16.8 Å². The second-order valence-corrected chi connectivity index (χ2v) is 7.96. The molecule has 0 amide bonds. The zero-order chi connectivity index (χ0) is 20.0. The molecule has 0 saturated carbocycles. The van der Waals surface area contributed by atoms with Crippen molar-refractivity contribution in [3.63, 3.8) is 0 Å². The highest BCUT2D eigenvalue weighted by molar-refractivity contribution is 5.66. The van der Waals surface area contributed by atoms with Crippen molar-refractivity contribution >= 4 is 0 Å². The van der Waals surface area contributed by atoms with Crippen LogP contribution in [0.3, 0.4) is 0 Å². The number of nitrogens with zero attached hydrogens (tertiary/aromatic N) is 2. The molecule has 0 spiro atoms. The van der Waals surface area contributed by atoms with E-state index in [4.69, 9.17) is 4.74 Å². The predicted molar refractivity (Wildman–Crippen MR) is 119 cm³/mol. The smallest absolute Gasteiger partial charge is 0.128 e. The van der Waals surface area contributed by atoms with Crippen LogP contribution in [0.25, 0.3) is 11.3 Å². The minimum absolute atomic E-state index is 0.549. The summed E-state index contributed by atoms with van der Waals surface area (Å²) < 4.78 is 6.03. The van der Waals surface area contributed by atoms with Crippen LogP contribution in [0.5, 0.6) is 5.75 Å². The summed E-state index contributed by atoms with van der Waals surface area (Å²) in [4.78, 5) is 0. The Kier molecular flexibility index (Phi) is 10.6. The van der Waals surface area contributed by atoms with Crippen LogP contribution in [0.4, 0.5) is 0 Å². The zero-order valence-corrected chi connectivity index (χ0v) is 18.1. The molecule has 2 rings (SSSR count). The highest BCUT2D eigenvalue weighted by atomic mass is 16.5. The van der Waals surface area contributed by atoms with Crippen LogP contribution < -0.4 is 4.74 Å². The number of ether oxygens (including phenoxy) is 1. The Morgan fingerprint density at radius 3 is 2.21 bits per heavy atom. The molecule has 1 unspecified atom stereocenters. The van der Waals surface area contributed by atoms with Crippen molar-refractivity contribution in [3.05, 3.63) is 42.1 Å². The van der Waals surface area contributed by atoms with E-state index in [0.29, 0.717) is 5.92 Å². The topological polar surface area (TPSA) is 35.0 Å². The molecular formula is C25H38N2O. The van der Waals surface area contributed by atoms with E-state index in [1.165, 1.54) is 51.4 Å². The monoisotopic (exact) mass is 382 g/mol. The SMILES string of the molecule is CCCCCCCCCCc1ccc(-c2ccccc2OCC(C)CC)nn1. The summed E-state index contributed by atoms with van der Waals surface area (Å²) in [5.41, 5.74) is 3.00. The molecule has 1 aromatic carbocycles. The summed E-state index contributed by atoms with van der Waals surface area (Å²) in [6.45, 7) is 7.40. The Labute approximate surface area is 171 Å². The number of hydrogen-bond acceptors (Lipinski definition) is 3. The van der Waals surface area contributed by atoms with E-state index in [-0.39, 0.29) is 0 Å². The molecule has 0 radical (unpaired) electrons. The number of hydrogen-bond donors (Lipinski definition) is 0. The van der Waals surface area contributed by atoms with E-state index < -0.39 is 0 Å². The zero-order valence-electron chi connectivity index (χ0n) is 18.1. The fraction of sp³-hybridized carbons (Fsp3) is 0.600. The highest BCUT2D eigenvalue weighted by Gasteiger charge is 2.09. The quantitative estimate of drug-likeness (QED) is 0.323. The third-order valence-corrected chi connectivity index (χ3v) is 5.39. The average Bonchev–Trinajstić information content (AvgIpc) is 2.74. The molecule has 2 aromatic rings. The molecule has 28 heavy (non-hydrogen) atoms. The van der Waals surface area contributed by atoms with Gasteiger partial charge in [0.15, 0.2) is 0 Å². The standard InChI is InChI=1S/C25H38N2O/c1-4-6-7-8-9-10-11-12-15-22-18-19-24(27-26-22)23-16-13-14-17-25(23)28-20-21(3)5-2/h13-14,16-19,21H,4-12,15,20H2,1-3H3. The summed E-state index contributed by atoms with van der Waals surface area (Å²) in [6, 6.07) is 12.3.